The predicted octanol–water partition coefficient (Wildman–Crippen LogP) is 1.38. The summed E-state index contributed by atoms with van der Waals surface area (Å²) < 4.78 is 28.1. The van der Waals surface area contributed by atoms with Gasteiger partial charge in [-0.3, -0.25) is 9.71 Å². The van der Waals surface area contributed by atoms with Crippen LogP contribution >= 0.6 is 11.6 Å². The highest BCUT2D eigenvalue weighted by molar-refractivity contribution is 7.88. The first-order valence-corrected chi connectivity index (χ1v) is 7.53. The van der Waals surface area contributed by atoms with Crippen LogP contribution in [0, 0.1) is 0 Å². The van der Waals surface area contributed by atoms with E-state index in [1.165, 1.54) is 0 Å². The number of benzene rings is 1. The van der Waals surface area contributed by atoms with Crippen molar-refractivity contribution in [3.63, 3.8) is 0 Å². The van der Waals surface area contributed by atoms with Crippen LogP contribution in [-0.2, 0) is 10.2 Å². The Hall–Kier alpha value is -1.11. The summed E-state index contributed by atoms with van der Waals surface area (Å²) in [6.45, 7) is 0. The Morgan fingerprint density at radius 2 is 2.11 bits per heavy atom. The second-order valence-corrected chi connectivity index (χ2v) is 6.34. The first kappa shape index (κ1) is 12.0. The molecule has 1 aromatic carbocycles. The largest absolute Gasteiger partial charge is 0.301 e. The van der Waals surface area contributed by atoms with Crippen molar-refractivity contribution in [2.24, 2.45) is 4.99 Å². The molecule has 7 heteroatoms. The molecule has 1 aliphatic heterocycles. The van der Waals surface area contributed by atoms with E-state index in [-0.39, 0.29) is 6.04 Å². The van der Waals surface area contributed by atoms with Crippen molar-refractivity contribution in [2.75, 3.05) is 0 Å². The Balaban J connectivity index is 1.98. The summed E-state index contributed by atoms with van der Waals surface area (Å²) in [5.41, 5.74) is 0.787. The Bertz CT molecular complexity index is 610. The zero-order valence-electron chi connectivity index (χ0n) is 9.43. The van der Waals surface area contributed by atoms with E-state index in [0.29, 0.717) is 10.9 Å². The molecule has 1 unspecified atom stereocenters. The van der Waals surface area contributed by atoms with Gasteiger partial charge in [-0.25, -0.2) is 0 Å². The standard InChI is InChI=1S/C11H12ClN3O2S/c12-8-3-1-2-7(6-8)10-11(13-9-4-5-9)15-18(16,17)14-10/h1-3,6,9-10,14H,4-5H2,(H,13,15). The smallest absolute Gasteiger partial charge is 0.266 e. The van der Waals surface area contributed by atoms with Crippen LogP contribution in [0.5, 0.6) is 0 Å². The number of amidine groups is 1. The van der Waals surface area contributed by atoms with Gasteiger partial charge in [0, 0.05) is 5.02 Å². The summed E-state index contributed by atoms with van der Waals surface area (Å²) in [5, 5.41) is 0.573. The summed E-state index contributed by atoms with van der Waals surface area (Å²) in [6.07, 6.45) is 2.04. The number of rotatable bonds is 2. The lowest BCUT2D eigenvalue weighted by Gasteiger charge is -2.09. The van der Waals surface area contributed by atoms with Crippen LogP contribution in [0.4, 0.5) is 0 Å². The molecule has 2 aliphatic rings. The zero-order chi connectivity index (χ0) is 12.8. The van der Waals surface area contributed by atoms with Crippen LogP contribution < -0.4 is 9.44 Å². The maximum absolute atomic E-state index is 11.6. The predicted molar refractivity (Wildman–Crippen MR) is 69.8 cm³/mol. The van der Waals surface area contributed by atoms with Gasteiger partial charge in [0.15, 0.2) is 0 Å². The summed E-state index contributed by atoms with van der Waals surface area (Å²) in [6, 6.07) is 6.90. The van der Waals surface area contributed by atoms with Crippen molar-refractivity contribution in [3.8, 4) is 0 Å². The van der Waals surface area contributed by atoms with Gasteiger partial charge in [0.05, 0.1) is 6.04 Å². The van der Waals surface area contributed by atoms with Gasteiger partial charge in [-0.05, 0) is 30.5 Å². The van der Waals surface area contributed by atoms with E-state index in [2.05, 4.69) is 14.4 Å². The van der Waals surface area contributed by atoms with Crippen molar-refractivity contribution < 1.29 is 8.42 Å². The number of nitrogens with zero attached hydrogens (tertiary/aromatic N) is 1. The van der Waals surface area contributed by atoms with E-state index >= 15 is 0 Å². The van der Waals surface area contributed by atoms with E-state index in [9.17, 15) is 8.42 Å². The average Bonchev–Trinajstić information content (AvgIpc) is 3.03. The van der Waals surface area contributed by atoms with Gasteiger partial charge in [0.1, 0.15) is 11.9 Å². The summed E-state index contributed by atoms with van der Waals surface area (Å²) in [7, 11) is -3.50. The maximum Gasteiger partial charge on any atom is 0.301 e. The molecule has 5 nitrogen and oxygen atoms in total. The third kappa shape index (κ3) is 2.50. The van der Waals surface area contributed by atoms with Crippen LogP contribution in [0.25, 0.3) is 0 Å². The van der Waals surface area contributed by atoms with E-state index in [4.69, 9.17) is 11.6 Å². The summed E-state index contributed by atoms with van der Waals surface area (Å²) in [5.74, 6) is 0.458. The third-order valence-corrected chi connectivity index (χ3v) is 4.09. The lowest BCUT2D eigenvalue weighted by molar-refractivity contribution is 0.583. The second-order valence-electron chi connectivity index (χ2n) is 4.46. The quantitative estimate of drug-likeness (QED) is 0.862. The average molecular weight is 286 g/mol. The fraction of sp³-hybridized carbons (Fsp3) is 0.364. The molecule has 3 rings (SSSR count). The molecule has 1 aromatic rings. The molecule has 0 aromatic heterocycles. The van der Waals surface area contributed by atoms with Gasteiger partial charge in [-0.15, -0.1) is 0 Å². The lowest BCUT2D eigenvalue weighted by atomic mass is 10.1. The van der Waals surface area contributed by atoms with Crippen LogP contribution in [0.3, 0.4) is 0 Å². The van der Waals surface area contributed by atoms with Gasteiger partial charge < -0.3 is 0 Å². The van der Waals surface area contributed by atoms with Gasteiger partial charge in [0.25, 0.3) is 0 Å². The van der Waals surface area contributed by atoms with Crippen LogP contribution in [-0.4, -0.2) is 20.3 Å². The topological polar surface area (TPSA) is 70.6 Å². The van der Waals surface area contributed by atoms with E-state index in [0.717, 1.165) is 18.4 Å². The Labute approximate surface area is 110 Å². The third-order valence-electron chi connectivity index (χ3n) is 2.84. The minimum atomic E-state index is -3.50. The van der Waals surface area contributed by atoms with Crippen molar-refractivity contribution >= 4 is 27.6 Å². The van der Waals surface area contributed by atoms with Crippen LogP contribution in [0.1, 0.15) is 24.4 Å². The Kier molecular flexibility index (Phi) is 2.80. The molecule has 1 atom stereocenters. The monoisotopic (exact) mass is 285 g/mol. The van der Waals surface area contributed by atoms with Crippen LogP contribution in [0.15, 0.2) is 29.3 Å². The van der Waals surface area contributed by atoms with Crippen LogP contribution in [0.2, 0.25) is 5.02 Å². The molecule has 1 saturated heterocycles. The fourth-order valence-corrected chi connectivity index (χ4v) is 3.11. The molecular formula is C11H12ClN3O2S. The molecule has 18 heavy (non-hydrogen) atoms. The van der Waals surface area contributed by atoms with Crippen molar-refractivity contribution in [1.82, 2.24) is 9.44 Å². The van der Waals surface area contributed by atoms with Gasteiger partial charge in [-0.1, -0.05) is 23.7 Å². The molecule has 0 amide bonds. The molecule has 0 bridgehead atoms. The van der Waals surface area contributed by atoms with Crippen molar-refractivity contribution in [2.45, 2.75) is 24.9 Å². The maximum atomic E-state index is 11.6. The van der Waals surface area contributed by atoms with Gasteiger partial charge in [0.2, 0.25) is 0 Å². The first-order valence-electron chi connectivity index (χ1n) is 5.67. The highest BCUT2D eigenvalue weighted by Crippen LogP contribution is 2.28. The Morgan fingerprint density at radius 1 is 1.33 bits per heavy atom. The van der Waals surface area contributed by atoms with Gasteiger partial charge in [-0.2, -0.15) is 13.1 Å². The summed E-state index contributed by atoms with van der Waals surface area (Å²) >= 11 is 5.92. The fourth-order valence-electron chi connectivity index (χ4n) is 1.85. The zero-order valence-corrected chi connectivity index (χ0v) is 11.0. The summed E-state index contributed by atoms with van der Waals surface area (Å²) in [4.78, 5) is 4.39. The first-order chi connectivity index (χ1) is 8.53. The molecule has 96 valence electrons. The molecule has 2 N–H and O–H groups in total. The van der Waals surface area contributed by atoms with E-state index in [1.54, 1.807) is 18.2 Å². The molecule has 1 heterocycles. The minimum Gasteiger partial charge on any atom is -0.266 e. The van der Waals surface area contributed by atoms with Crippen molar-refractivity contribution in [1.29, 1.82) is 0 Å². The highest BCUT2D eigenvalue weighted by Gasteiger charge is 2.35. The number of hydrogen-bond acceptors (Lipinski definition) is 3. The molecule has 1 aliphatic carbocycles. The highest BCUT2D eigenvalue weighted by atomic mass is 35.5. The number of hydrogen-bond donors (Lipinski definition) is 2. The molecule has 0 spiro atoms. The second kappa shape index (κ2) is 4.22. The number of nitrogens with one attached hydrogen (secondary N) is 2. The van der Waals surface area contributed by atoms with Crippen molar-refractivity contribution in [3.05, 3.63) is 34.9 Å². The molecule has 1 saturated carbocycles. The molecular weight excluding hydrogens is 274 g/mol. The Morgan fingerprint density at radius 3 is 2.78 bits per heavy atom. The molecule has 2 fully saturated rings. The van der Waals surface area contributed by atoms with E-state index < -0.39 is 16.3 Å². The minimum absolute atomic E-state index is 0.254. The lowest BCUT2D eigenvalue weighted by Crippen LogP contribution is -2.24. The van der Waals surface area contributed by atoms with Gasteiger partial charge >= 0.3 is 10.2 Å². The molecule has 0 radical (unpaired) electrons. The van der Waals surface area contributed by atoms with E-state index in [1.807, 2.05) is 6.07 Å². The normalized spacial score (nSPS) is 28.3. The SMILES string of the molecule is O=S1(=O)NC(=NC2CC2)C(c2cccc(Cl)c2)N1. The number of halogens is 1. The number of aliphatic imine (C=N–C) groups is 1.